The van der Waals surface area contributed by atoms with Crippen LogP contribution in [0, 0.1) is 11.3 Å². The molecule has 29 heavy (non-hydrogen) atoms. The van der Waals surface area contributed by atoms with E-state index in [0.717, 1.165) is 0 Å². The van der Waals surface area contributed by atoms with Crippen LogP contribution >= 0.6 is 0 Å². The zero-order chi connectivity index (χ0) is 20.6. The second kappa shape index (κ2) is 9.33. The monoisotopic (exact) mass is 395 g/mol. The number of hydrogen-bond acceptors (Lipinski definition) is 5. The highest BCUT2D eigenvalue weighted by atomic mass is 19.3. The zero-order valence-corrected chi connectivity index (χ0v) is 15.0. The van der Waals surface area contributed by atoms with Crippen molar-refractivity contribution in [1.29, 1.82) is 5.26 Å². The quantitative estimate of drug-likeness (QED) is 0.386. The summed E-state index contributed by atoms with van der Waals surface area (Å²) >= 11 is 0. The number of hydrogen-bond donors (Lipinski definition) is 0. The van der Waals surface area contributed by atoms with Crippen molar-refractivity contribution in [3.05, 3.63) is 89.4 Å². The van der Waals surface area contributed by atoms with Crippen LogP contribution in [0.15, 0.2) is 71.2 Å². The largest absolute Gasteiger partial charge is 0.486 e. The Morgan fingerprint density at radius 1 is 1.10 bits per heavy atom. The highest BCUT2D eigenvalue weighted by Crippen LogP contribution is 2.18. The molecule has 0 atom stereocenters. The molecule has 0 unspecified atom stereocenters. The molecular weight excluding hydrogens is 380 g/mol. The molecular formula is C22H15F2NO4. The molecule has 0 bridgehead atoms. The first kappa shape index (κ1) is 19.8. The summed E-state index contributed by atoms with van der Waals surface area (Å²) in [5, 5.41) is 8.78. The van der Waals surface area contributed by atoms with Crippen LogP contribution in [0.4, 0.5) is 8.78 Å². The Kier molecular flexibility index (Phi) is 6.38. The molecule has 146 valence electrons. The number of nitriles is 1. The third kappa shape index (κ3) is 5.78. The minimum Gasteiger partial charge on any atom is -0.486 e. The fourth-order valence-corrected chi connectivity index (χ4v) is 2.42. The van der Waals surface area contributed by atoms with E-state index in [4.69, 9.17) is 14.4 Å². The first-order valence-corrected chi connectivity index (χ1v) is 8.52. The van der Waals surface area contributed by atoms with Crippen molar-refractivity contribution >= 4 is 11.9 Å². The molecule has 0 saturated heterocycles. The average Bonchev–Trinajstić information content (AvgIpc) is 3.18. The number of carbonyl (C=O) groups is 1. The van der Waals surface area contributed by atoms with E-state index in [1.807, 2.05) is 6.07 Å². The Morgan fingerprint density at radius 3 is 2.62 bits per heavy atom. The number of ether oxygens (including phenoxy) is 2. The van der Waals surface area contributed by atoms with Gasteiger partial charge in [0.1, 0.15) is 29.6 Å². The molecule has 3 aromatic rings. The molecule has 0 N–H and O–H groups in total. The Bertz CT molecular complexity index is 1050. The van der Waals surface area contributed by atoms with Crippen LogP contribution in [-0.4, -0.2) is 12.4 Å². The van der Waals surface area contributed by atoms with Crippen LogP contribution in [0.2, 0.25) is 0 Å². The summed E-state index contributed by atoms with van der Waals surface area (Å²) in [6.07, 6.45) is 2.76. The van der Waals surface area contributed by atoms with E-state index < -0.39 is 6.61 Å². The number of halogens is 2. The first-order chi connectivity index (χ1) is 14.0. The van der Waals surface area contributed by atoms with Crippen molar-refractivity contribution in [3.63, 3.8) is 0 Å². The predicted molar refractivity (Wildman–Crippen MR) is 101 cm³/mol. The van der Waals surface area contributed by atoms with Gasteiger partial charge in [0.05, 0.1) is 11.6 Å². The predicted octanol–water partition coefficient (Wildman–Crippen LogP) is 5.23. The fourth-order valence-electron chi connectivity index (χ4n) is 2.42. The summed E-state index contributed by atoms with van der Waals surface area (Å²) in [7, 11) is 0. The number of furan rings is 1. The minimum atomic E-state index is -2.95. The molecule has 5 nitrogen and oxygen atoms in total. The first-order valence-electron chi connectivity index (χ1n) is 8.52. The maximum atomic E-state index is 12.3. The summed E-state index contributed by atoms with van der Waals surface area (Å²) in [6.45, 7) is -2.77. The van der Waals surface area contributed by atoms with Crippen molar-refractivity contribution in [2.75, 3.05) is 0 Å². The fraction of sp³-hybridized carbons (Fsp3) is 0.0909. The Labute approximate surface area is 165 Å². The second-order valence-corrected chi connectivity index (χ2v) is 5.83. The number of ketones is 1. The van der Waals surface area contributed by atoms with Crippen LogP contribution in [0.25, 0.3) is 6.08 Å². The topological polar surface area (TPSA) is 72.5 Å². The molecule has 7 heteroatoms. The van der Waals surface area contributed by atoms with Gasteiger partial charge < -0.3 is 13.9 Å². The Hall–Kier alpha value is -3.92. The highest BCUT2D eigenvalue weighted by Gasteiger charge is 2.08. The van der Waals surface area contributed by atoms with Crippen molar-refractivity contribution in [1.82, 2.24) is 0 Å². The minimum absolute atomic E-state index is 0.0838. The maximum absolute atomic E-state index is 12.3. The molecule has 0 aliphatic rings. The molecule has 0 radical (unpaired) electrons. The molecule has 3 rings (SSSR count). The highest BCUT2D eigenvalue weighted by molar-refractivity contribution is 6.06. The number of alkyl halides is 2. The van der Waals surface area contributed by atoms with Crippen LogP contribution in [0.1, 0.15) is 27.4 Å². The zero-order valence-electron chi connectivity index (χ0n) is 15.0. The molecule has 0 spiro atoms. The van der Waals surface area contributed by atoms with Gasteiger partial charge in [0.2, 0.25) is 0 Å². The summed E-state index contributed by atoms with van der Waals surface area (Å²) < 4.78 is 40.0. The summed E-state index contributed by atoms with van der Waals surface area (Å²) in [5.41, 5.74) is 0.758. The Morgan fingerprint density at radius 2 is 1.90 bits per heavy atom. The summed E-state index contributed by atoms with van der Waals surface area (Å²) in [4.78, 5) is 12.2. The van der Waals surface area contributed by atoms with Gasteiger partial charge in [-0.05, 0) is 60.7 Å². The number of nitrogens with zero attached hydrogens (tertiary/aromatic N) is 1. The summed E-state index contributed by atoms with van der Waals surface area (Å²) in [6, 6.07) is 17.7. The van der Waals surface area contributed by atoms with Crippen molar-refractivity contribution in [3.8, 4) is 17.6 Å². The molecule has 0 fully saturated rings. The number of carbonyl (C=O) groups excluding carboxylic acids is 1. The molecule has 0 amide bonds. The molecule has 0 saturated carbocycles. The number of allylic oxidation sites excluding steroid dienone is 1. The van der Waals surface area contributed by atoms with Gasteiger partial charge in [0.15, 0.2) is 5.78 Å². The number of rotatable bonds is 8. The van der Waals surface area contributed by atoms with Gasteiger partial charge in [-0.1, -0.05) is 12.1 Å². The van der Waals surface area contributed by atoms with E-state index in [1.165, 1.54) is 36.4 Å². The lowest BCUT2D eigenvalue weighted by Gasteiger charge is -2.04. The van der Waals surface area contributed by atoms with Crippen LogP contribution in [0.5, 0.6) is 11.5 Å². The third-order valence-corrected chi connectivity index (χ3v) is 3.79. The Balaban J connectivity index is 1.58. The van der Waals surface area contributed by atoms with E-state index in [9.17, 15) is 13.6 Å². The second-order valence-electron chi connectivity index (χ2n) is 5.83. The van der Waals surface area contributed by atoms with Crippen molar-refractivity contribution in [2.45, 2.75) is 13.2 Å². The van der Waals surface area contributed by atoms with Gasteiger partial charge in [-0.25, -0.2) is 0 Å². The van der Waals surface area contributed by atoms with Gasteiger partial charge in [0, 0.05) is 5.56 Å². The van der Waals surface area contributed by atoms with E-state index in [2.05, 4.69) is 4.74 Å². The average molecular weight is 395 g/mol. The normalized spacial score (nSPS) is 10.8. The van der Waals surface area contributed by atoms with Crippen molar-refractivity contribution in [2.24, 2.45) is 0 Å². The van der Waals surface area contributed by atoms with E-state index in [1.54, 1.807) is 36.4 Å². The van der Waals surface area contributed by atoms with Gasteiger partial charge in [-0.3, -0.25) is 4.79 Å². The van der Waals surface area contributed by atoms with E-state index in [0.29, 0.717) is 22.8 Å². The molecule has 0 aliphatic heterocycles. The lowest BCUT2D eigenvalue weighted by molar-refractivity contribution is -0.0498. The lowest BCUT2D eigenvalue weighted by Crippen LogP contribution is -2.03. The van der Waals surface area contributed by atoms with E-state index >= 15 is 0 Å². The van der Waals surface area contributed by atoms with Crippen LogP contribution in [0.3, 0.4) is 0 Å². The van der Waals surface area contributed by atoms with E-state index in [-0.39, 0.29) is 23.7 Å². The molecule has 0 aliphatic carbocycles. The van der Waals surface area contributed by atoms with Gasteiger partial charge in [0.25, 0.3) is 0 Å². The third-order valence-electron chi connectivity index (χ3n) is 3.79. The van der Waals surface area contributed by atoms with Crippen LogP contribution in [-0.2, 0) is 6.61 Å². The lowest BCUT2D eigenvalue weighted by atomic mass is 10.1. The van der Waals surface area contributed by atoms with Gasteiger partial charge >= 0.3 is 6.61 Å². The van der Waals surface area contributed by atoms with Crippen molar-refractivity contribution < 1.29 is 27.5 Å². The molecule has 1 aromatic heterocycles. The summed E-state index contributed by atoms with van der Waals surface area (Å²) in [5.74, 6) is 1.13. The molecule has 1 heterocycles. The van der Waals surface area contributed by atoms with Gasteiger partial charge in [-0.15, -0.1) is 0 Å². The van der Waals surface area contributed by atoms with Crippen LogP contribution < -0.4 is 9.47 Å². The molecule has 2 aromatic carbocycles. The van der Waals surface area contributed by atoms with Gasteiger partial charge in [-0.2, -0.15) is 14.0 Å². The smallest absolute Gasteiger partial charge is 0.387 e. The standard InChI is InChI=1S/C22H15F2NO4/c23-22(24)29-19-3-1-2-16(12-19)21(26)11-10-18-8-9-20(28-18)14-27-17-6-4-15(13-25)5-7-17/h1-12,22H,14H2/b11-10+. The SMILES string of the molecule is N#Cc1ccc(OCc2ccc(/C=C/C(=O)c3cccc(OC(F)F)c3)o2)cc1. The number of benzene rings is 2. The maximum Gasteiger partial charge on any atom is 0.387 e.